The Morgan fingerprint density at radius 1 is 1.15 bits per heavy atom. The highest BCUT2D eigenvalue weighted by molar-refractivity contribution is 5.73. The highest BCUT2D eigenvalue weighted by Crippen LogP contribution is 2.29. The van der Waals surface area contributed by atoms with E-state index >= 15 is 0 Å². The maximum absolute atomic E-state index is 11.0. The Morgan fingerprint density at radius 2 is 2.00 bits per heavy atom. The van der Waals surface area contributed by atoms with Gasteiger partial charge in [0.25, 0.3) is 0 Å². The molecule has 34 heavy (non-hydrogen) atoms. The Kier molecular flexibility index (Phi) is 7.37. The van der Waals surface area contributed by atoms with Crippen molar-refractivity contribution >= 4 is 17.9 Å². The number of carboxylic acid groups (broad SMARTS) is 1. The lowest BCUT2D eigenvalue weighted by molar-refractivity contribution is -0.138. The first-order valence-electron chi connectivity index (χ1n) is 11.8. The minimum atomic E-state index is -1.00. The van der Waals surface area contributed by atoms with Gasteiger partial charge in [0.15, 0.2) is 0 Å². The highest BCUT2D eigenvalue weighted by Gasteiger charge is 2.19. The van der Waals surface area contributed by atoms with Crippen LogP contribution in [0.5, 0.6) is 0 Å². The van der Waals surface area contributed by atoms with Crippen molar-refractivity contribution in [3.63, 3.8) is 0 Å². The number of aromatic nitrogens is 3. The Morgan fingerprint density at radius 3 is 2.65 bits per heavy atom. The normalized spacial score (nSPS) is 22.9. The second-order valence-corrected chi connectivity index (χ2v) is 9.11. The number of aliphatic carboxylic acids is 1. The average Bonchev–Trinajstić information content (AvgIpc) is 2.84. The summed E-state index contributed by atoms with van der Waals surface area (Å²) >= 11 is 0. The molecule has 0 saturated heterocycles. The third-order valence-electron chi connectivity index (χ3n) is 6.34. The van der Waals surface area contributed by atoms with Crippen LogP contribution >= 0.6 is 0 Å². The maximum atomic E-state index is 11.0. The van der Waals surface area contributed by atoms with Gasteiger partial charge in [-0.3, -0.25) is 4.79 Å². The summed E-state index contributed by atoms with van der Waals surface area (Å²) in [6.07, 6.45) is 21.2. The van der Waals surface area contributed by atoms with Crippen LogP contribution in [0.1, 0.15) is 50.8 Å². The van der Waals surface area contributed by atoms with Gasteiger partial charge in [0, 0.05) is 12.5 Å². The molecule has 0 radical (unpaired) electrons. The predicted molar refractivity (Wildman–Crippen MR) is 134 cm³/mol. The number of carboxylic acids is 1. The van der Waals surface area contributed by atoms with Gasteiger partial charge in [-0.15, -0.1) is 0 Å². The highest BCUT2D eigenvalue weighted by atomic mass is 16.4. The molecule has 1 aromatic rings. The Bertz CT molecular complexity index is 1130. The summed E-state index contributed by atoms with van der Waals surface area (Å²) < 4.78 is 0. The number of nitrogens with one attached hydrogen (secondary N) is 1. The van der Waals surface area contributed by atoms with E-state index in [1.54, 1.807) is 0 Å². The summed E-state index contributed by atoms with van der Waals surface area (Å²) in [6, 6.07) is -0.907. The van der Waals surface area contributed by atoms with Crippen LogP contribution in [0.3, 0.4) is 0 Å². The maximum Gasteiger partial charge on any atom is 0.320 e. The van der Waals surface area contributed by atoms with E-state index in [4.69, 9.17) is 16.6 Å². The number of rotatable bonds is 8. The summed E-state index contributed by atoms with van der Waals surface area (Å²) in [5.74, 6) is 0.798. The van der Waals surface area contributed by atoms with Crippen LogP contribution in [0, 0.1) is 5.92 Å². The first-order chi connectivity index (χ1) is 16.4. The molecule has 178 valence electrons. The molecule has 0 fully saturated rings. The molecule has 0 aliphatic heterocycles. The van der Waals surface area contributed by atoms with Crippen molar-refractivity contribution in [3.8, 4) is 0 Å². The van der Waals surface area contributed by atoms with Crippen molar-refractivity contribution in [3.05, 3.63) is 76.7 Å². The molecule has 6 N–H and O–H groups in total. The van der Waals surface area contributed by atoms with Gasteiger partial charge >= 0.3 is 5.97 Å². The van der Waals surface area contributed by atoms with Crippen LogP contribution in [-0.4, -0.2) is 38.6 Å². The summed E-state index contributed by atoms with van der Waals surface area (Å²) in [5, 5.41) is 12.3. The lowest BCUT2D eigenvalue weighted by Crippen LogP contribution is -2.30. The fourth-order valence-corrected chi connectivity index (χ4v) is 4.23. The third kappa shape index (κ3) is 6.08. The van der Waals surface area contributed by atoms with Crippen molar-refractivity contribution in [2.45, 2.75) is 51.0 Å². The average molecular weight is 461 g/mol. The molecule has 0 saturated carbocycles. The Labute approximate surface area is 200 Å². The second-order valence-electron chi connectivity index (χ2n) is 9.11. The molecular weight excluding hydrogens is 428 g/mol. The molecule has 0 spiro atoms. The zero-order valence-corrected chi connectivity index (χ0v) is 19.4. The largest absolute Gasteiger partial charge is 0.480 e. The van der Waals surface area contributed by atoms with Gasteiger partial charge < -0.3 is 21.9 Å². The molecule has 8 nitrogen and oxygen atoms in total. The zero-order chi connectivity index (χ0) is 24.1. The quantitative estimate of drug-likeness (QED) is 0.459. The number of anilines is 2. The van der Waals surface area contributed by atoms with Gasteiger partial charge in [-0.25, -0.2) is 0 Å². The van der Waals surface area contributed by atoms with E-state index in [0.29, 0.717) is 37.1 Å². The molecule has 1 aromatic heterocycles. The number of hydrogen-bond donors (Lipinski definition) is 4. The fraction of sp³-hybridized carbons (Fsp3) is 0.385. The molecule has 2 unspecified atom stereocenters. The van der Waals surface area contributed by atoms with Crippen LogP contribution in [-0.2, 0) is 4.79 Å². The first-order valence-corrected chi connectivity index (χ1v) is 11.8. The lowest BCUT2D eigenvalue weighted by atomic mass is 9.88. The van der Waals surface area contributed by atoms with Crippen molar-refractivity contribution in [1.82, 2.24) is 15.0 Å². The van der Waals surface area contributed by atoms with Crippen LogP contribution in [0.4, 0.5) is 11.9 Å². The van der Waals surface area contributed by atoms with Gasteiger partial charge in [0.05, 0.1) is 0 Å². The number of nitrogen functional groups attached to an aromatic ring is 1. The number of nitrogens with zero attached hydrogens (tertiary/aromatic N) is 3. The number of carbonyl (C=O) groups is 1. The molecule has 0 bridgehead atoms. The van der Waals surface area contributed by atoms with E-state index in [9.17, 15) is 4.79 Å². The summed E-state index contributed by atoms with van der Waals surface area (Å²) in [7, 11) is 0. The van der Waals surface area contributed by atoms with E-state index in [1.807, 2.05) is 18.2 Å². The first kappa shape index (κ1) is 23.6. The van der Waals surface area contributed by atoms with E-state index < -0.39 is 12.0 Å². The van der Waals surface area contributed by atoms with E-state index in [0.717, 1.165) is 24.8 Å². The van der Waals surface area contributed by atoms with E-state index in [-0.39, 0.29) is 11.9 Å². The Hall–Kier alpha value is -3.52. The number of hydrogen-bond acceptors (Lipinski definition) is 7. The van der Waals surface area contributed by atoms with E-state index in [2.05, 4.69) is 57.6 Å². The molecule has 3 atom stereocenters. The number of allylic oxidation sites excluding steroid dienone is 10. The van der Waals surface area contributed by atoms with Crippen LogP contribution in [0.2, 0.25) is 0 Å². The molecule has 4 rings (SSSR count). The SMILES string of the molecule is CC1C=CC(C2=CC=C(CNc3nc(N)nc(C4C=CC(C[C@H](N)C(=O)O)=CC4)n3)CC2)=CC1. The molecule has 8 heteroatoms. The summed E-state index contributed by atoms with van der Waals surface area (Å²) in [4.78, 5) is 24.1. The molecule has 0 aromatic carbocycles. The van der Waals surface area contributed by atoms with Crippen molar-refractivity contribution < 1.29 is 9.90 Å². The second kappa shape index (κ2) is 10.6. The van der Waals surface area contributed by atoms with Crippen LogP contribution in [0.15, 0.2) is 70.9 Å². The minimum Gasteiger partial charge on any atom is -0.480 e. The topological polar surface area (TPSA) is 140 Å². The zero-order valence-electron chi connectivity index (χ0n) is 19.4. The molecule has 0 amide bonds. The molecular formula is C26H32N6O2. The smallest absolute Gasteiger partial charge is 0.320 e. The number of nitrogens with two attached hydrogens (primary N) is 2. The standard InChI is InChI=1S/C26H32N6O2/c1-16-2-8-19(9-3-16)20-10-6-18(7-11-20)15-29-26-31-23(30-25(28)32-26)21-12-4-17(5-13-21)14-22(27)24(33)34/h2,4-6,8-10,12,16,21-22H,3,7,11,13-15,27H2,1H3,(H,33,34)(H3,28,29,30,31,32)/t16?,21?,22-/m0/s1. The van der Waals surface area contributed by atoms with Gasteiger partial charge in [-0.2, -0.15) is 15.0 Å². The minimum absolute atomic E-state index is 0.0467. The van der Waals surface area contributed by atoms with Crippen LogP contribution in [0.25, 0.3) is 0 Å². The predicted octanol–water partition coefficient (Wildman–Crippen LogP) is 3.81. The van der Waals surface area contributed by atoms with Gasteiger partial charge in [0.1, 0.15) is 11.9 Å². The summed E-state index contributed by atoms with van der Waals surface area (Å²) in [6.45, 7) is 2.88. The van der Waals surface area contributed by atoms with Crippen LogP contribution < -0.4 is 16.8 Å². The summed E-state index contributed by atoms with van der Waals surface area (Å²) in [5.41, 5.74) is 16.5. The van der Waals surface area contributed by atoms with Gasteiger partial charge in [-0.05, 0) is 49.2 Å². The van der Waals surface area contributed by atoms with Gasteiger partial charge in [-0.1, -0.05) is 66.7 Å². The van der Waals surface area contributed by atoms with Gasteiger partial charge in [0.2, 0.25) is 11.9 Å². The monoisotopic (exact) mass is 460 g/mol. The van der Waals surface area contributed by atoms with Crippen molar-refractivity contribution in [1.29, 1.82) is 0 Å². The molecule has 3 aliphatic carbocycles. The third-order valence-corrected chi connectivity index (χ3v) is 6.34. The Balaban J connectivity index is 1.35. The fourth-order valence-electron chi connectivity index (χ4n) is 4.23. The van der Waals surface area contributed by atoms with Crippen molar-refractivity contribution in [2.24, 2.45) is 11.7 Å². The molecule has 1 heterocycles. The van der Waals surface area contributed by atoms with Crippen molar-refractivity contribution in [2.75, 3.05) is 17.6 Å². The lowest BCUT2D eigenvalue weighted by Gasteiger charge is -2.19. The van der Waals surface area contributed by atoms with E-state index in [1.165, 1.54) is 16.7 Å². The molecule has 3 aliphatic rings.